The van der Waals surface area contributed by atoms with Gasteiger partial charge in [-0.2, -0.15) is 0 Å². The van der Waals surface area contributed by atoms with Crippen molar-refractivity contribution in [3.63, 3.8) is 0 Å². The number of esters is 2. The molecule has 1 amide bonds. The van der Waals surface area contributed by atoms with Crippen LogP contribution in [0.4, 0.5) is 11.4 Å². The molecule has 12 nitrogen and oxygen atoms in total. The lowest BCUT2D eigenvalue weighted by atomic mass is 10.1. The quantitative estimate of drug-likeness (QED) is 0.468. The van der Waals surface area contributed by atoms with Crippen molar-refractivity contribution in [3.8, 4) is 0 Å². The number of nitrogens with one attached hydrogen (secondary N) is 1. The number of rotatable bonds is 9. The Balaban J connectivity index is 2.38. The van der Waals surface area contributed by atoms with Crippen molar-refractivity contribution in [3.05, 3.63) is 53.6 Å². The summed E-state index contributed by atoms with van der Waals surface area (Å²) in [6.45, 7) is -0.707. The van der Waals surface area contributed by atoms with Crippen LogP contribution in [0, 0.1) is 0 Å². The average molecular weight is 528 g/mol. The molecule has 190 valence electrons. The molecule has 0 saturated carbocycles. The molecule has 1 N–H and O–H groups in total. The monoisotopic (exact) mass is 527 g/mol. The zero-order chi connectivity index (χ0) is 26.6. The highest BCUT2D eigenvalue weighted by Crippen LogP contribution is 2.23. The number of sulfonamides is 2. The number of benzene rings is 2. The van der Waals surface area contributed by atoms with Gasteiger partial charge in [0.25, 0.3) is 0 Å². The van der Waals surface area contributed by atoms with Gasteiger partial charge in [-0.3, -0.25) is 9.10 Å². The highest BCUT2D eigenvalue weighted by Gasteiger charge is 2.24. The molecule has 35 heavy (non-hydrogen) atoms. The Morgan fingerprint density at radius 1 is 0.886 bits per heavy atom. The van der Waals surface area contributed by atoms with Crippen LogP contribution in [0.15, 0.2) is 47.4 Å². The summed E-state index contributed by atoms with van der Waals surface area (Å²) in [6.07, 6.45) is 0.877. The van der Waals surface area contributed by atoms with E-state index in [0.717, 1.165) is 29.1 Å². The maximum absolute atomic E-state index is 12.8. The molecule has 0 radical (unpaired) electrons. The van der Waals surface area contributed by atoms with Crippen molar-refractivity contribution in [2.45, 2.75) is 4.90 Å². The second-order valence-corrected chi connectivity index (χ2v) is 11.4. The Hall–Kier alpha value is -3.49. The van der Waals surface area contributed by atoms with Gasteiger partial charge >= 0.3 is 11.9 Å². The summed E-state index contributed by atoms with van der Waals surface area (Å²) < 4.78 is 60.4. The third kappa shape index (κ3) is 6.55. The summed E-state index contributed by atoms with van der Waals surface area (Å²) in [7, 11) is -2.72. The van der Waals surface area contributed by atoms with Crippen LogP contribution < -0.4 is 9.62 Å². The molecule has 0 saturated heterocycles. The zero-order valence-corrected chi connectivity index (χ0v) is 21.3. The molecule has 0 heterocycles. The van der Waals surface area contributed by atoms with Gasteiger partial charge in [0.1, 0.15) is 6.54 Å². The van der Waals surface area contributed by atoms with Crippen LogP contribution in [0.1, 0.15) is 20.7 Å². The fourth-order valence-electron chi connectivity index (χ4n) is 2.90. The minimum atomic E-state index is -3.98. The average Bonchev–Trinajstić information content (AvgIpc) is 2.80. The van der Waals surface area contributed by atoms with Crippen molar-refractivity contribution < 1.29 is 40.7 Å². The predicted molar refractivity (Wildman–Crippen MR) is 127 cm³/mol. The van der Waals surface area contributed by atoms with Crippen molar-refractivity contribution in [1.29, 1.82) is 0 Å². The highest BCUT2D eigenvalue weighted by molar-refractivity contribution is 7.92. The summed E-state index contributed by atoms with van der Waals surface area (Å²) in [5.41, 5.74) is -0.0896. The molecule has 0 aliphatic rings. The van der Waals surface area contributed by atoms with Crippen LogP contribution in [-0.4, -0.2) is 80.1 Å². The summed E-state index contributed by atoms with van der Waals surface area (Å²) in [6, 6.07) is 8.70. The van der Waals surface area contributed by atoms with E-state index in [2.05, 4.69) is 14.8 Å². The first-order chi connectivity index (χ1) is 16.2. The third-order valence-corrected chi connectivity index (χ3v) is 7.68. The second-order valence-electron chi connectivity index (χ2n) is 7.34. The number of anilines is 2. The minimum Gasteiger partial charge on any atom is -0.465 e. The lowest BCUT2D eigenvalue weighted by Crippen LogP contribution is -2.37. The molecular formula is C21H25N3O9S2. The van der Waals surface area contributed by atoms with Gasteiger partial charge in [-0.05, 0) is 42.5 Å². The number of amides is 1. The van der Waals surface area contributed by atoms with E-state index in [0.29, 0.717) is 0 Å². The normalized spacial score (nSPS) is 11.6. The molecule has 0 aliphatic carbocycles. The maximum atomic E-state index is 12.8. The van der Waals surface area contributed by atoms with Crippen molar-refractivity contribution in [2.75, 3.05) is 50.7 Å². The summed E-state index contributed by atoms with van der Waals surface area (Å²) in [5.74, 6) is -2.36. The second kappa shape index (κ2) is 10.8. The van der Waals surface area contributed by atoms with Gasteiger partial charge in [0.2, 0.25) is 26.0 Å². The fraction of sp³-hybridized carbons (Fsp3) is 0.286. The van der Waals surface area contributed by atoms with E-state index in [4.69, 9.17) is 0 Å². The van der Waals surface area contributed by atoms with Crippen molar-refractivity contribution >= 4 is 49.3 Å². The van der Waals surface area contributed by atoms with E-state index in [9.17, 15) is 31.2 Å². The van der Waals surface area contributed by atoms with Gasteiger partial charge in [0.15, 0.2) is 0 Å². The van der Waals surface area contributed by atoms with Crippen LogP contribution in [0.2, 0.25) is 0 Å². The third-order valence-electron chi connectivity index (χ3n) is 4.71. The summed E-state index contributed by atoms with van der Waals surface area (Å²) >= 11 is 0. The first-order valence-electron chi connectivity index (χ1n) is 9.83. The molecular weight excluding hydrogens is 502 g/mol. The van der Waals surface area contributed by atoms with Crippen LogP contribution in [0.25, 0.3) is 0 Å². The molecule has 14 heteroatoms. The minimum absolute atomic E-state index is 0.0353. The first-order valence-corrected chi connectivity index (χ1v) is 13.1. The fourth-order valence-corrected chi connectivity index (χ4v) is 4.65. The zero-order valence-electron chi connectivity index (χ0n) is 19.6. The Morgan fingerprint density at radius 2 is 1.46 bits per heavy atom. The lowest BCUT2D eigenvalue weighted by molar-refractivity contribution is -0.114. The Labute approximate surface area is 203 Å². The van der Waals surface area contributed by atoms with Gasteiger partial charge in [0.05, 0.1) is 47.9 Å². The molecule has 0 aliphatic heterocycles. The molecule has 2 aromatic carbocycles. The summed E-state index contributed by atoms with van der Waals surface area (Å²) in [4.78, 5) is 36.7. The number of ether oxygens (including phenoxy) is 2. The number of carbonyl (C=O) groups is 3. The Bertz CT molecular complexity index is 1340. The predicted octanol–water partition coefficient (Wildman–Crippen LogP) is 0.915. The maximum Gasteiger partial charge on any atom is 0.339 e. The SMILES string of the molecule is COC(=O)c1ccc(C(=O)OC)c(NC(=O)CN(c2ccc(S(=O)(=O)N(C)C)cc2)S(C)(=O)=O)c1. The molecule has 0 bridgehead atoms. The molecule has 0 atom stereocenters. The number of hydrogen-bond acceptors (Lipinski definition) is 9. The highest BCUT2D eigenvalue weighted by atomic mass is 32.2. The van der Waals surface area contributed by atoms with Gasteiger partial charge < -0.3 is 14.8 Å². The first kappa shape index (κ1) is 27.8. The van der Waals surface area contributed by atoms with Gasteiger partial charge in [-0.25, -0.2) is 30.7 Å². The van der Waals surface area contributed by atoms with E-state index in [1.54, 1.807) is 0 Å². The van der Waals surface area contributed by atoms with Gasteiger partial charge in [-0.1, -0.05) is 0 Å². The molecule has 2 aromatic rings. The van der Waals surface area contributed by atoms with Crippen LogP contribution >= 0.6 is 0 Å². The number of carbonyl (C=O) groups excluding carboxylic acids is 3. The van der Waals surface area contributed by atoms with Gasteiger partial charge in [-0.15, -0.1) is 0 Å². The molecule has 0 unspecified atom stereocenters. The van der Waals surface area contributed by atoms with E-state index >= 15 is 0 Å². The standard InChI is InChI=1S/C21H25N3O9S2/c1-23(2)35(30,31)16-9-7-15(8-10-16)24(34(5,28)29)13-19(25)22-18-12-14(20(26)32-3)6-11-17(18)21(27)33-4/h6-12H,13H2,1-5H3,(H,22,25). The van der Waals surface area contributed by atoms with E-state index in [1.165, 1.54) is 56.6 Å². The number of methoxy groups -OCH3 is 2. The van der Waals surface area contributed by atoms with Crippen molar-refractivity contribution in [1.82, 2.24) is 4.31 Å². The smallest absolute Gasteiger partial charge is 0.339 e. The number of hydrogen-bond donors (Lipinski definition) is 1. The van der Waals surface area contributed by atoms with E-state index in [-0.39, 0.29) is 27.4 Å². The van der Waals surface area contributed by atoms with E-state index < -0.39 is 44.4 Å². The molecule has 0 spiro atoms. The van der Waals surface area contributed by atoms with E-state index in [1.807, 2.05) is 0 Å². The largest absolute Gasteiger partial charge is 0.465 e. The summed E-state index contributed by atoms with van der Waals surface area (Å²) in [5, 5.41) is 2.41. The lowest BCUT2D eigenvalue weighted by Gasteiger charge is -2.22. The topological polar surface area (TPSA) is 156 Å². The molecule has 2 rings (SSSR count). The van der Waals surface area contributed by atoms with Crippen LogP contribution in [0.5, 0.6) is 0 Å². The van der Waals surface area contributed by atoms with Crippen LogP contribution in [-0.2, 0) is 34.3 Å². The Morgan fingerprint density at radius 3 is 1.94 bits per heavy atom. The number of nitrogens with zero attached hydrogens (tertiary/aromatic N) is 2. The Kier molecular flexibility index (Phi) is 8.59. The molecule has 0 aromatic heterocycles. The van der Waals surface area contributed by atoms with Gasteiger partial charge in [0, 0.05) is 14.1 Å². The van der Waals surface area contributed by atoms with Crippen molar-refractivity contribution in [2.24, 2.45) is 0 Å². The van der Waals surface area contributed by atoms with Crippen LogP contribution in [0.3, 0.4) is 0 Å². The molecule has 0 fully saturated rings.